The monoisotopic (exact) mass is 575 g/mol. The molecule has 45 heavy (non-hydrogen) atoms. The second-order valence-electron chi connectivity index (χ2n) is 11.3. The van der Waals surface area contributed by atoms with Gasteiger partial charge in [-0.2, -0.15) is 0 Å². The maximum Gasteiger partial charge on any atom is 0.164 e. The highest BCUT2D eigenvalue weighted by atomic mass is 16.3. The highest BCUT2D eigenvalue weighted by Gasteiger charge is 2.17. The normalized spacial score (nSPS) is 11.6. The molecule has 0 aliphatic carbocycles. The minimum Gasteiger partial charge on any atom is -0.456 e. The Morgan fingerprint density at radius 1 is 0.333 bits per heavy atom. The Morgan fingerprint density at radius 2 is 0.956 bits per heavy atom. The number of furan rings is 1. The van der Waals surface area contributed by atoms with Crippen molar-refractivity contribution in [3.63, 3.8) is 0 Å². The Balaban J connectivity index is 1.28. The van der Waals surface area contributed by atoms with E-state index in [0.29, 0.717) is 17.5 Å². The van der Waals surface area contributed by atoms with Gasteiger partial charge in [0.1, 0.15) is 11.2 Å². The molecule has 0 bridgehead atoms. The average molecular weight is 576 g/mol. The van der Waals surface area contributed by atoms with Crippen molar-refractivity contribution in [2.45, 2.75) is 0 Å². The molecule has 4 heteroatoms. The molecule has 0 saturated heterocycles. The van der Waals surface area contributed by atoms with Crippen molar-refractivity contribution in [1.82, 2.24) is 15.0 Å². The summed E-state index contributed by atoms with van der Waals surface area (Å²) < 4.78 is 6.11. The fourth-order valence-electron chi connectivity index (χ4n) is 6.24. The predicted molar refractivity (Wildman–Crippen MR) is 184 cm³/mol. The van der Waals surface area contributed by atoms with Crippen LogP contribution in [-0.4, -0.2) is 15.0 Å². The van der Waals surface area contributed by atoms with Crippen LogP contribution in [0.15, 0.2) is 156 Å². The van der Waals surface area contributed by atoms with E-state index >= 15 is 0 Å². The summed E-state index contributed by atoms with van der Waals surface area (Å²) in [6.45, 7) is 0. The molecule has 0 aliphatic rings. The van der Waals surface area contributed by atoms with Gasteiger partial charge in [-0.3, -0.25) is 0 Å². The van der Waals surface area contributed by atoms with Crippen molar-refractivity contribution in [2.24, 2.45) is 0 Å². The Bertz CT molecular complexity index is 2550. The SMILES string of the molecule is c1ccc(-c2nc(-c3ccc4oc5ccccc5c4c3)nc(-c3cc(-c4ccc5ccccc5c4)cc4ccccc34)n2)cc1. The molecule has 0 radical (unpaired) electrons. The third-order valence-corrected chi connectivity index (χ3v) is 8.49. The minimum absolute atomic E-state index is 0.617. The smallest absolute Gasteiger partial charge is 0.164 e. The zero-order valence-electron chi connectivity index (χ0n) is 24.2. The second-order valence-corrected chi connectivity index (χ2v) is 11.3. The third kappa shape index (κ3) is 4.43. The standard InChI is InChI=1S/C41H25N3O/c1-2-11-27(12-3-1)39-42-40(31-20-21-38-35(24-31)34-16-8-9-17-37(34)45-38)44-41(43-39)36-25-32(23-30-14-6-7-15-33(30)36)29-19-18-26-10-4-5-13-28(26)22-29/h1-25H. The Hall–Kier alpha value is -6.13. The molecule has 210 valence electrons. The van der Waals surface area contributed by atoms with Crippen LogP contribution in [0.3, 0.4) is 0 Å². The molecule has 9 rings (SSSR count). The first-order chi connectivity index (χ1) is 22.3. The van der Waals surface area contributed by atoms with Gasteiger partial charge in [-0.25, -0.2) is 15.0 Å². The number of hydrogen-bond acceptors (Lipinski definition) is 4. The van der Waals surface area contributed by atoms with Crippen LogP contribution in [0.4, 0.5) is 0 Å². The van der Waals surface area contributed by atoms with E-state index in [1.54, 1.807) is 0 Å². The van der Waals surface area contributed by atoms with Crippen molar-refractivity contribution >= 4 is 43.5 Å². The molecule has 2 heterocycles. The summed E-state index contributed by atoms with van der Waals surface area (Å²) in [4.78, 5) is 15.3. The summed E-state index contributed by atoms with van der Waals surface area (Å²) in [5.41, 5.74) is 6.78. The van der Waals surface area contributed by atoms with E-state index < -0.39 is 0 Å². The molecular weight excluding hydrogens is 550 g/mol. The van der Waals surface area contributed by atoms with Gasteiger partial charge in [-0.1, -0.05) is 109 Å². The zero-order chi connectivity index (χ0) is 29.7. The lowest BCUT2D eigenvalue weighted by Gasteiger charge is -2.13. The van der Waals surface area contributed by atoms with Crippen molar-refractivity contribution in [3.8, 4) is 45.3 Å². The number of benzene rings is 7. The molecule has 0 saturated carbocycles. The average Bonchev–Trinajstić information content (AvgIpc) is 3.49. The van der Waals surface area contributed by atoms with E-state index in [4.69, 9.17) is 19.4 Å². The lowest BCUT2D eigenvalue weighted by atomic mass is 9.95. The van der Waals surface area contributed by atoms with Crippen molar-refractivity contribution in [1.29, 1.82) is 0 Å². The highest BCUT2D eigenvalue weighted by molar-refractivity contribution is 6.06. The zero-order valence-corrected chi connectivity index (χ0v) is 24.2. The molecule has 7 aromatic carbocycles. The molecule has 0 atom stereocenters. The highest BCUT2D eigenvalue weighted by Crippen LogP contribution is 2.36. The number of hydrogen-bond donors (Lipinski definition) is 0. The largest absolute Gasteiger partial charge is 0.456 e. The van der Waals surface area contributed by atoms with Gasteiger partial charge < -0.3 is 4.42 Å². The molecule has 2 aromatic heterocycles. The van der Waals surface area contributed by atoms with Crippen LogP contribution in [0, 0.1) is 0 Å². The third-order valence-electron chi connectivity index (χ3n) is 8.49. The van der Waals surface area contributed by atoms with Gasteiger partial charge in [0.05, 0.1) is 0 Å². The minimum atomic E-state index is 0.617. The topological polar surface area (TPSA) is 51.8 Å². The van der Waals surface area contributed by atoms with E-state index in [9.17, 15) is 0 Å². The first-order valence-corrected chi connectivity index (χ1v) is 15.0. The van der Waals surface area contributed by atoms with Gasteiger partial charge in [0, 0.05) is 27.5 Å². The summed E-state index contributed by atoms with van der Waals surface area (Å²) in [6, 6.07) is 52.4. The lowest BCUT2D eigenvalue weighted by Crippen LogP contribution is -2.01. The summed E-state index contributed by atoms with van der Waals surface area (Å²) in [7, 11) is 0. The van der Waals surface area contributed by atoms with Gasteiger partial charge in [0.25, 0.3) is 0 Å². The van der Waals surface area contributed by atoms with Crippen LogP contribution >= 0.6 is 0 Å². The van der Waals surface area contributed by atoms with Gasteiger partial charge >= 0.3 is 0 Å². The first-order valence-electron chi connectivity index (χ1n) is 15.0. The molecule has 0 N–H and O–H groups in total. The second kappa shape index (κ2) is 10.2. The number of aromatic nitrogens is 3. The Morgan fingerprint density at radius 3 is 1.82 bits per heavy atom. The van der Waals surface area contributed by atoms with E-state index in [1.165, 1.54) is 10.8 Å². The lowest BCUT2D eigenvalue weighted by molar-refractivity contribution is 0.669. The Kier molecular flexibility index (Phi) is 5.78. The predicted octanol–water partition coefficient (Wildman–Crippen LogP) is 10.7. The first kappa shape index (κ1) is 25.4. The maximum absolute atomic E-state index is 6.11. The van der Waals surface area contributed by atoms with E-state index in [0.717, 1.165) is 60.5 Å². The number of fused-ring (bicyclic) bond motifs is 5. The van der Waals surface area contributed by atoms with E-state index in [1.807, 2.05) is 60.7 Å². The summed E-state index contributed by atoms with van der Waals surface area (Å²) >= 11 is 0. The molecule has 0 amide bonds. The van der Waals surface area contributed by atoms with Crippen LogP contribution in [-0.2, 0) is 0 Å². The molecule has 0 fully saturated rings. The molecule has 0 spiro atoms. The summed E-state index contributed by atoms with van der Waals surface area (Å²) in [5.74, 6) is 1.88. The maximum atomic E-state index is 6.11. The van der Waals surface area contributed by atoms with E-state index in [2.05, 4.69) is 91.0 Å². The quantitative estimate of drug-likeness (QED) is 0.209. The number of rotatable bonds is 4. The van der Waals surface area contributed by atoms with Gasteiger partial charge in [-0.15, -0.1) is 0 Å². The van der Waals surface area contributed by atoms with Crippen molar-refractivity contribution in [2.75, 3.05) is 0 Å². The molecule has 0 unspecified atom stereocenters. The fraction of sp³-hybridized carbons (Fsp3) is 0. The molecule has 9 aromatic rings. The molecular formula is C41H25N3O. The van der Waals surface area contributed by atoms with Gasteiger partial charge in [0.15, 0.2) is 17.5 Å². The Labute approximate surface area is 259 Å². The summed E-state index contributed by atoms with van der Waals surface area (Å²) in [5, 5.41) is 6.76. The summed E-state index contributed by atoms with van der Waals surface area (Å²) in [6.07, 6.45) is 0. The number of para-hydroxylation sites is 1. The number of nitrogens with zero attached hydrogens (tertiary/aromatic N) is 3. The van der Waals surface area contributed by atoms with Crippen LogP contribution in [0.25, 0.3) is 88.8 Å². The van der Waals surface area contributed by atoms with Crippen molar-refractivity contribution in [3.05, 3.63) is 152 Å². The van der Waals surface area contributed by atoms with Crippen LogP contribution < -0.4 is 0 Å². The van der Waals surface area contributed by atoms with Crippen molar-refractivity contribution < 1.29 is 4.42 Å². The fourth-order valence-corrected chi connectivity index (χ4v) is 6.24. The molecule has 4 nitrogen and oxygen atoms in total. The van der Waals surface area contributed by atoms with Crippen LogP contribution in [0.1, 0.15) is 0 Å². The van der Waals surface area contributed by atoms with Gasteiger partial charge in [0.2, 0.25) is 0 Å². The van der Waals surface area contributed by atoms with Crippen LogP contribution in [0.2, 0.25) is 0 Å². The van der Waals surface area contributed by atoms with Crippen LogP contribution in [0.5, 0.6) is 0 Å². The molecule has 0 aliphatic heterocycles. The van der Waals surface area contributed by atoms with E-state index in [-0.39, 0.29) is 0 Å². The van der Waals surface area contributed by atoms with Gasteiger partial charge in [-0.05, 0) is 75.1 Å².